The summed E-state index contributed by atoms with van der Waals surface area (Å²) in [6.07, 6.45) is 9.66. The lowest BCUT2D eigenvalue weighted by molar-refractivity contribution is 0.233. The van der Waals surface area contributed by atoms with Gasteiger partial charge in [0.15, 0.2) is 0 Å². The van der Waals surface area contributed by atoms with E-state index in [1.54, 1.807) is 23.5 Å². The van der Waals surface area contributed by atoms with Crippen LogP contribution in [0.3, 0.4) is 0 Å². The van der Waals surface area contributed by atoms with E-state index >= 15 is 0 Å². The number of thioether (sulfide) groups is 2. The fourth-order valence-corrected chi connectivity index (χ4v) is 9.62. The van der Waals surface area contributed by atoms with E-state index in [0.29, 0.717) is 20.6 Å². The van der Waals surface area contributed by atoms with Gasteiger partial charge in [0.25, 0.3) is 0 Å². The van der Waals surface area contributed by atoms with Crippen LogP contribution in [-0.4, -0.2) is 22.0 Å². The van der Waals surface area contributed by atoms with Crippen LogP contribution in [0.2, 0.25) is 0 Å². The van der Waals surface area contributed by atoms with Crippen molar-refractivity contribution >= 4 is 109 Å². The van der Waals surface area contributed by atoms with Gasteiger partial charge in [-0.25, -0.2) is 0 Å². The van der Waals surface area contributed by atoms with E-state index in [1.165, 1.54) is 68.1 Å². The van der Waals surface area contributed by atoms with Crippen LogP contribution in [0, 0.1) is 11.8 Å². The Hall–Kier alpha value is -0.900. The van der Waals surface area contributed by atoms with Gasteiger partial charge in [0.2, 0.25) is 8.77 Å². The van der Waals surface area contributed by atoms with Crippen molar-refractivity contribution < 1.29 is 9.47 Å². The van der Waals surface area contributed by atoms with E-state index in [-0.39, 0.29) is 0 Å². The van der Waals surface area contributed by atoms with Crippen molar-refractivity contribution in [1.82, 2.24) is 0 Å². The predicted octanol–water partition coefficient (Wildman–Crippen LogP) is 12.5. The molecule has 8 heteroatoms. The Morgan fingerprint density at radius 1 is 0.700 bits per heavy atom. The van der Waals surface area contributed by atoms with Crippen molar-refractivity contribution in [3.63, 3.8) is 0 Å². The van der Waals surface area contributed by atoms with E-state index in [9.17, 15) is 0 Å². The largest absolute Gasteiger partial charge is 0.478 e. The van der Waals surface area contributed by atoms with Crippen LogP contribution in [0.25, 0.3) is 29.6 Å². The van der Waals surface area contributed by atoms with Crippen molar-refractivity contribution in [2.75, 3.05) is 13.2 Å². The van der Waals surface area contributed by atoms with Gasteiger partial charge >= 0.3 is 0 Å². The first-order valence-corrected chi connectivity index (χ1v) is 18.6. The maximum Gasteiger partial charge on any atom is 0.224 e. The zero-order valence-corrected chi connectivity index (χ0v) is 28.9. The van der Waals surface area contributed by atoms with E-state index in [0.717, 1.165) is 35.8 Å². The van der Waals surface area contributed by atoms with Crippen molar-refractivity contribution in [3.05, 3.63) is 36.4 Å². The van der Waals surface area contributed by atoms with Gasteiger partial charge in [-0.15, -0.1) is 22.7 Å². The molecular formula is C32H40O2S6. The highest BCUT2D eigenvalue weighted by Crippen LogP contribution is 2.46. The average molecular weight is 649 g/mol. The first kappa shape index (κ1) is 32.0. The number of fused-ring (bicyclic) bond motifs is 5. The van der Waals surface area contributed by atoms with E-state index in [1.807, 2.05) is 22.7 Å². The minimum atomic E-state index is 0.587. The van der Waals surface area contributed by atoms with Crippen molar-refractivity contribution in [2.45, 2.75) is 88.9 Å². The molecule has 0 amide bonds. The molecule has 0 saturated carbocycles. The molecule has 2 aromatic carbocycles. The number of unbranched alkanes of at least 4 members (excludes halogenated alkanes) is 2. The van der Waals surface area contributed by atoms with Gasteiger partial charge in [0, 0.05) is 30.0 Å². The molecule has 4 aromatic rings. The zero-order chi connectivity index (χ0) is 28.5. The smallest absolute Gasteiger partial charge is 0.224 e. The molecule has 40 heavy (non-hydrogen) atoms. The molecule has 0 aliphatic heterocycles. The minimum Gasteiger partial charge on any atom is -0.478 e. The monoisotopic (exact) mass is 648 g/mol. The Morgan fingerprint density at radius 3 is 1.50 bits per heavy atom. The highest BCUT2D eigenvalue weighted by Gasteiger charge is 2.16. The average Bonchev–Trinajstić information content (AvgIpc) is 3.48. The highest BCUT2D eigenvalue weighted by molar-refractivity contribution is 8.23. The first-order chi connectivity index (χ1) is 19.4. The normalized spacial score (nSPS) is 13.2. The molecule has 2 atom stereocenters. The van der Waals surface area contributed by atoms with Crippen LogP contribution >= 0.6 is 70.6 Å². The summed E-state index contributed by atoms with van der Waals surface area (Å²) in [5, 5.41) is 2.63. The molecule has 0 N–H and O–H groups in total. The summed E-state index contributed by atoms with van der Waals surface area (Å²) in [7, 11) is 0. The molecule has 2 heterocycles. The Labute approximate surface area is 267 Å². The molecule has 2 nitrogen and oxygen atoms in total. The SMILES string of the molecule is CCCCC(CC)COC(=S)Sc1ccc2c(c1)sc1c3ccc(SC(=S)OCC(CC)CCCC)cc3sc21. The lowest BCUT2D eigenvalue weighted by Crippen LogP contribution is -2.10. The number of ether oxygens (including phenoxy) is 2. The van der Waals surface area contributed by atoms with Crippen molar-refractivity contribution in [1.29, 1.82) is 0 Å². The number of rotatable bonds is 14. The van der Waals surface area contributed by atoms with Gasteiger partial charge in [0.05, 0.1) is 22.6 Å². The highest BCUT2D eigenvalue weighted by atomic mass is 32.2. The fraction of sp³-hybridized carbons (Fsp3) is 0.500. The van der Waals surface area contributed by atoms with Gasteiger partial charge in [-0.2, -0.15) is 0 Å². The topological polar surface area (TPSA) is 18.5 Å². The number of benzene rings is 2. The maximum atomic E-state index is 5.98. The minimum absolute atomic E-state index is 0.587. The number of hydrogen-bond acceptors (Lipinski definition) is 8. The number of thiophene rings is 2. The molecule has 0 aliphatic carbocycles. The quantitative estimate of drug-likeness (QED) is 0.0993. The summed E-state index contributed by atoms with van der Waals surface area (Å²) in [6, 6.07) is 13.4. The molecule has 0 saturated heterocycles. The summed E-state index contributed by atoms with van der Waals surface area (Å²) in [4.78, 5) is 2.29. The molecule has 216 valence electrons. The lowest BCUT2D eigenvalue weighted by atomic mass is 10.0. The van der Waals surface area contributed by atoms with Gasteiger partial charge in [0.1, 0.15) is 0 Å². The third kappa shape index (κ3) is 8.57. The van der Waals surface area contributed by atoms with Crippen LogP contribution in [0.5, 0.6) is 0 Å². The first-order valence-electron chi connectivity index (χ1n) is 14.5. The third-order valence-corrected chi connectivity index (χ3v) is 12.2. The Kier molecular flexibility index (Phi) is 12.9. The number of hydrogen-bond donors (Lipinski definition) is 0. The molecule has 0 spiro atoms. The van der Waals surface area contributed by atoms with E-state index in [2.05, 4.69) is 64.1 Å². The van der Waals surface area contributed by atoms with Crippen LogP contribution in [-0.2, 0) is 9.47 Å². The van der Waals surface area contributed by atoms with Crippen LogP contribution in [0.4, 0.5) is 0 Å². The molecule has 0 fully saturated rings. The molecular weight excluding hydrogens is 609 g/mol. The predicted molar refractivity (Wildman–Crippen MR) is 190 cm³/mol. The second-order valence-electron chi connectivity index (χ2n) is 10.3. The third-order valence-electron chi connectivity index (χ3n) is 7.39. The Morgan fingerprint density at radius 2 is 1.12 bits per heavy atom. The summed E-state index contributed by atoms with van der Waals surface area (Å²) in [5.74, 6) is 1.17. The zero-order valence-electron chi connectivity index (χ0n) is 24.0. The second-order valence-corrected chi connectivity index (χ2v) is 15.8. The Bertz CT molecular complexity index is 1310. The van der Waals surface area contributed by atoms with Gasteiger partial charge in [-0.1, -0.05) is 78.4 Å². The summed E-state index contributed by atoms with van der Waals surface area (Å²) in [5.41, 5.74) is 0. The molecule has 4 rings (SSSR count). The van der Waals surface area contributed by atoms with E-state index < -0.39 is 0 Å². The molecule has 0 aliphatic rings. The standard InChI is InChI=1S/C32H40O2S6/c1-5-9-11-21(7-3)19-33-31(35)37-23-13-15-25-27(17-23)39-30-26-16-14-24(18-28(26)40-29(25)30)38-32(36)34-20-22(8-4)12-10-6-2/h13-18,21-22H,5-12,19-20H2,1-4H3. The lowest BCUT2D eigenvalue weighted by Gasteiger charge is -2.15. The summed E-state index contributed by atoms with van der Waals surface area (Å²) < 4.78 is 18.5. The van der Waals surface area contributed by atoms with E-state index in [4.69, 9.17) is 33.9 Å². The summed E-state index contributed by atoms with van der Waals surface area (Å²) >= 11 is 18.0. The Balaban J connectivity index is 1.40. The number of thiocarbonyl (C=S) groups is 2. The van der Waals surface area contributed by atoms with Crippen LogP contribution in [0.1, 0.15) is 79.1 Å². The van der Waals surface area contributed by atoms with Gasteiger partial charge in [-0.05, 0) is 96.9 Å². The molecule has 0 bridgehead atoms. The van der Waals surface area contributed by atoms with Crippen LogP contribution in [0.15, 0.2) is 46.2 Å². The van der Waals surface area contributed by atoms with Gasteiger partial charge in [-0.3, -0.25) is 0 Å². The van der Waals surface area contributed by atoms with Crippen molar-refractivity contribution in [3.8, 4) is 0 Å². The molecule has 2 aromatic heterocycles. The second kappa shape index (κ2) is 16.1. The van der Waals surface area contributed by atoms with Crippen molar-refractivity contribution in [2.24, 2.45) is 11.8 Å². The van der Waals surface area contributed by atoms with Crippen LogP contribution < -0.4 is 0 Å². The van der Waals surface area contributed by atoms with Gasteiger partial charge < -0.3 is 9.47 Å². The molecule has 0 radical (unpaired) electrons. The maximum absolute atomic E-state index is 5.98. The molecule has 2 unspecified atom stereocenters. The summed E-state index contributed by atoms with van der Waals surface area (Å²) in [6.45, 7) is 10.4. The fourth-order valence-electron chi connectivity index (χ4n) is 4.76.